The van der Waals surface area contributed by atoms with Crippen LogP contribution in [0.4, 0.5) is 0 Å². The number of esters is 1. The molecule has 0 radical (unpaired) electrons. The third-order valence-electron chi connectivity index (χ3n) is 19.4. The summed E-state index contributed by atoms with van der Waals surface area (Å²) >= 11 is 0. The van der Waals surface area contributed by atoms with Crippen molar-refractivity contribution in [3.63, 3.8) is 0 Å². The van der Waals surface area contributed by atoms with Crippen LogP contribution in [0.1, 0.15) is 113 Å². The Balaban J connectivity index is -0.000000340. The summed E-state index contributed by atoms with van der Waals surface area (Å²) in [4.78, 5) is 32.6. The fraction of sp³-hybridized carbons (Fsp3) is 0.973. The van der Waals surface area contributed by atoms with Crippen molar-refractivity contribution >= 4 is 82.3 Å². The maximum atomic E-state index is 11.4. The lowest BCUT2D eigenvalue weighted by Crippen LogP contribution is -2.46. The third-order valence-corrected chi connectivity index (χ3v) is 42.7. The van der Waals surface area contributed by atoms with E-state index in [4.69, 9.17) is 131 Å². The van der Waals surface area contributed by atoms with Gasteiger partial charge in [-0.15, -0.1) is 0 Å². The number of carbonyl (C=O) groups is 2. The van der Waals surface area contributed by atoms with E-state index in [-0.39, 0.29) is 58.1 Å². The maximum absolute atomic E-state index is 11.4. The van der Waals surface area contributed by atoms with Crippen molar-refractivity contribution < 1.29 is 156 Å². The summed E-state index contributed by atoms with van der Waals surface area (Å²) in [6.07, 6.45) is 7.58. The Bertz CT molecular complexity index is 2110. The average Bonchev–Trinajstić information content (AvgIpc) is 0.878. The quantitative estimate of drug-likeness (QED) is 0.0243. The fourth-order valence-corrected chi connectivity index (χ4v) is 27.9. The van der Waals surface area contributed by atoms with Gasteiger partial charge in [-0.05, 0) is 146 Å². The van der Waals surface area contributed by atoms with Gasteiger partial charge in [-0.25, -0.2) is 0 Å². The van der Waals surface area contributed by atoms with Gasteiger partial charge < -0.3 is 162 Å². The highest BCUT2D eigenvalue weighted by molar-refractivity contribution is 6.63. The van der Waals surface area contributed by atoms with Gasteiger partial charge in [0.05, 0.1) is 46.2 Å². The van der Waals surface area contributed by atoms with Crippen molar-refractivity contribution in [2.75, 3.05) is 326 Å². The van der Waals surface area contributed by atoms with Gasteiger partial charge in [0, 0.05) is 295 Å². The minimum Gasteiger partial charge on any atom is -0.466 e. The largest absolute Gasteiger partial charge is 0.500 e. The molecule has 40 nitrogen and oxygen atoms in total. The van der Waals surface area contributed by atoms with Crippen LogP contribution in [0.3, 0.4) is 0 Å². The lowest BCUT2D eigenvalue weighted by atomic mass is 10.3. The number of nitrogens with one attached hydrogen (secondary N) is 1. The van der Waals surface area contributed by atoms with Gasteiger partial charge in [0.25, 0.3) is 0 Å². The van der Waals surface area contributed by atoms with Gasteiger partial charge >= 0.3 is 76.4 Å². The first kappa shape index (κ1) is 133. The highest BCUT2D eigenvalue weighted by Crippen LogP contribution is 2.24. The topological polar surface area (TPSA) is 435 Å². The molecule has 1 amide bonds. The molecule has 0 atom stereocenters. The smallest absolute Gasteiger partial charge is 0.466 e. The van der Waals surface area contributed by atoms with Crippen LogP contribution in [0.2, 0.25) is 48.4 Å². The fourth-order valence-electron chi connectivity index (χ4n) is 12.5. The first-order chi connectivity index (χ1) is 59.0. The number of rotatable bonds is 80. The van der Waals surface area contributed by atoms with Crippen molar-refractivity contribution in [1.82, 2.24) is 29.8 Å². The number of aliphatic hydroxyl groups excluding tert-OH is 7. The lowest BCUT2D eigenvalue weighted by Gasteiger charge is -2.29. The van der Waals surface area contributed by atoms with E-state index in [1.807, 2.05) is 53.5 Å². The molecule has 746 valence electrons. The zero-order valence-corrected chi connectivity index (χ0v) is 89.1. The number of hydrogen-bond donors (Lipinski definition) is 8. The molecular weight excluding hydrogens is 1750 g/mol. The van der Waals surface area contributed by atoms with E-state index < -0.39 is 70.4 Å². The minimum atomic E-state index is -2.58. The monoisotopic (exact) mass is 1930 g/mol. The molecule has 0 saturated carbocycles. The molecule has 0 bridgehead atoms. The summed E-state index contributed by atoms with van der Waals surface area (Å²) in [6.45, 7) is 28.5. The van der Waals surface area contributed by atoms with Crippen LogP contribution in [0.5, 0.6) is 0 Å². The molecule has 0 aliphatic heterocycles. The van der Waals surface area contributed by atoms with Crippen LogP contribution >= 0.6 is 0 Å². The van der Waals surface area contributed by atoms with E-state index in [0.717, 1.165) is 134 Å². The SMILES string of the molecule is CCO[Si](CCCN(CCO)CCO)(OCC)OCC.CCO[Si](CCCNC(=O)CCCO)(OCC)OCC.CO[Si](CCCN(C)CCO)(OC)OC.CO[Si](CCCN(CCO)CCC[Si](OC)(OC)OC)(OC)OC.CO[Si](CCCN(CCO)CCN(CCO)CCC[Si](OC)(OC)OC)(OC)OC.CO[Si](CCCOC(C)=O)(OC)OC. The molecule has 0 aromatic rings. The molecule has 0 spiro atoms. The number of likely N-dealkylation sites (N-methyl/N-ethyl adjacent to an activating group) is 1. The highest BCUT2D eigenvalue weighted by Gasteiger charge is 2.44. The van der Waals surface area contributed by atoms with Gasteiger partial charge in [0.2, 0.25) is 5.91 Å². The van der Waals surface area contributed by atoms with Crippen LogP contribution in [0.25, 0.3) is 0 Å². The Labute approximate surface area is 751 Å². The van der Waals surface area contributed by atoms with Gasteiger partial charge in [-0.2, -0.15) is 0 Å². The van der Waals surface area contributed by atoms with Crippen LogP contribution in [-0.4, -0.2) is 468 Å². The second-order valence-electron chi connectivity index (χ2n) is 27.1. The predicted molar refractivity (Wildman–Crippen MR) is 489 cm³/mol. The van der Waals surface area contributed by atoms with Crippen molar-refractivity contribution in [2.24, 2.45) is 0 Å². The Hall–Kier alpha value is -0.765. The van der Waals surface area contributed by atoms with E-state index in [0.29, 0.717) is 123 Å². The summed E-state index contributed by atoms with van der Waals surface area (Å²) in [7, 11) is 10.7. The number of nitrogens with zero attached hydrogens (tertiary/aromatic N) is 5. The van der Waals surface area contributed by atoms with Crippen LogP contribution in [0, 0.1) is 0 Å². The average molecular weight is 1930 g/mol. The van der Waals surface area contributed by atoms with E-state index in [9.17, 15) is 24.9 Å². The molecule has 0 saturated heterocycles. The highest BCUT2D eigenvalue weighted by atomic mass is 28.4. The van der Waals surface area contributed by atoms with E-state index >= 15 is 0 Å². The van der Waals surface area contributed by atoms with E-state index in [2.05, 4.69) is 24.9 Å². The molecule has 0 aliphatic rings. The van der Waals surface area contributed by atoms with E-state index in [1.54, 1.807) is 128 Å². The van der Waals surface area contributed by atoms with Gasteiger partial charge in [0.15, 0.2) is 0 Å². The Kier molecular flexibility index (Phi) is 95.0. The van der Waals surface area contributed by atoms with Gasteiger partial charge in [-0.3, -0.25) is 24.3 Å². The molecule has 0 heterocycles. The molecule has 48 heteroatoms. The molecular formula is C75H180N6O34Si8. The first-order valence-electron chi connectivity index (χ1n) is 43.0. The van der Waals surface area contributed by atoms with Crippen molar-refractivity contribution in [3.8, 4) is 0 Å². The zero-order chi connectivity index (χ0) is 94.7. The summed E-state index contributed by atoms with van der Waals surface area (Å²) in [5, 5.41) is 66.3. The summed E-state index contributed by atoms with van der Waals surface area (Å²) in [6, 6.07) is 5.82. The summed E-state index contributed by atoms with van der Waals surface area (Å²) in [5.41, 5.74) is 0. The number of hydrogen-bond acceptors (Lipinski definition) is 39. The normalized spacial score (nSPS) is 12.4. The predicted octanol–water partition coefficient (Wildman–Crippen LogP) is 3.95. The Morgan fingerprint density at radius 1 is 0.260 bits per heavy atom. The molecule has 0 aromatic heterocycles. The van der Waals surface area contributed by atoms with Crippen molar-refractivity contribution in [1.29, 1.82) is 0 Å². The molecule has 123 heavy (non-hydrogen) atoms. The Morgan fingerprint density at radius 3 is 0.691 bits per heavy atom. The number of aliphatic hydroxyl groups is 7. The third kappa shape index (κ3) is 65.5. The maximum Gasteiger partial charge on any atom is 0.500 e. The molecule has 0 rings (SSSR count). The second-order valence-corrected chi connectivity index (χ2v) is 51.1. The standard InChI is InChI=1S/C18H44N2O8Si2.C14H35NO7Si2.C13H29NO5Si.C13H31NO5Si.C9H23NO4Si.C8H18O5Si/c1-23-29(24-2,25-3)17-7-9-19(13-15-21)11-12-20(14-16-22)10-8-18-30(26-4,27-5)28-6;1-17-23(18-2,19-3)13-7-9-15(11-12-16)10-8-14-24(20-4,21-5)22-6;1-4-17-20(18-5-2,19-6-3)12-8-10-14-13(16)9-7-11-15;1-4-17-20(18-5-2,19-6-3)13-7-8-14(9-11-15)10-12-16;1-10(7-8-11)6-5-9-15(12-2,13-3)14-4;1-8(9)13-6-5-7-14(10-2,11-3)12-4/h21-22H,7-18H2,1-6H3;16H,7-14H2,1-6H3;15H,4-12H2,1-3H3,(H,14,16);15-16H,4-13H2,1-3H3;11H,5-9H2,1-4H3;5-7H2,1-4H3. The van der Waals surface area contributed by atoms with Crippen LogP contribution in [-0.2, 0) is 121 Å². The summed E-state index contributed by atoms with van der Waals surface area (Å²) in [5.74, 6) is -0.305. The van der Waals surface area contributed by atoms with Gasteiger partial charge in [-0.1, -0.05) is 0 Å². The summed E-state index contributed by atoms with van der Waals surface area (Å²) < 4.78 is 136. The first-order valence-corrected chi connectivity index (χ1v) is 58.5. The number of ether oxygens (including phenoxy) is 1. The lowest BCUT2D eigenvalue weighted by molar-refractivity contribution is -0.141. The second kappa shape index (κ2) is 87.9. The van der Waals surface area contributed by atoms with E-state index in [1.165, 1.54) is 6.92 Å². The van der Waals surface area contributed by atoms with Gasteiger partial charge in [0.1, 0.15) is 0 Å². The van der Waals surface area contributed by atoms with Crippen LogP contribution < -0.4 is 5.32 Å². The molecule has 0 unspecified atom stereocenters. The van der Waals surface area contributed by atoms with Crippen LogP contribution in [0.15, 0.2) is 0 Å². The zero-order valence-electron chi connectivity index (χ0n) is 81.1. The number of amides is 1. The van der Waals surface area contributed by atoms with Crippen molar-refractivity contribution in [3.05, 3.63) is 0 Å². The molecule has 0 aromatic carbocycles. The van der Waals surface area contributed by atoms with Crippen molar-refractivity contribution in [2.45, 2.75) is 161 Å². The molecule has 0 aliphatic carbocycles. The Morgan fingerprint density at radius 2 is 0.472 bits per heavy atom. The molecule has 0 fully saturated rings. The minimum absolute atomic E-state index is 0.0319. The number of carbonyl (C=O) groups excluding carboxylic acids is 2. The molecule has 8 N–H and O–H groups in total.